The first-order valence-corrected chi connectivity index (χ1v) is 7.76. The average Bonchev–Trinajstić information content (AvgIpc) is 2.85. The molecule has 1 unspecified atom stereocenters. The van der Waals surface area contributed by atoms with Gasteiger partial charge in [0, 0.05) is 18.4 Å². The number of pyridine rings is 1. The van der Waals surface area contributed by atoms with E-state index in [1.165, 1.54) is 25.7 Å². The van der Waals surface area contributed by atoms with Gasteiger partial charge in [-0.3, -0.25) is 4.57 Å². The zero-order valence-electron chi connectivity index (χ0n) is 13.1. The van der Waals surface area contributed by atoms with Crippen molar-refractivity contribution < 1.29 is 0 Å². The third kappa shape index (κ3) is 3.26. The van der Waals surface area contributed by atoms with Crippen LogP contribution in [0.4, 0.5) is 5.69 Å². The molecule has 1 saturated carbocycles. The van der Waals surface area contributed by atoms with Crippen molar-refractivity contribution in [3.63, 3.8) is 0 Å². The fraction of sp³-hybridized carbons (Fsp3) is 0.529. The summed E-state index contributed by atoms with van der Waals surface area (Å²) in [6, 6.07) is 4.73. The van der Waals surface area contributed by atoms with Gasteiger partial charge in [0.15, 0.2) is 0 Å². The second-order valence-electron chi connectivity index (χ2n) is 6.85. The first kappa shape index (κ1) is 14.1. The van der Waals surface area contributed by atoms with Gasteiger partial charge < -0.3 is 5.32 Å². The summed E-state index contributed by atoms with van der Waals surface area (Å²) in [7, 11) is 0. The fourth-order valence-electron chi connectivity index (χ4n) is 3.29. The molecular formula is C17H24N4. The van der Waals surface area contributed by atoms with Crippen LogP contribution in [0.5, 0.6) is 0 Å². The highest BCUT2D eigenvalue weighted by Crippen LogP contribution is 2.36. The van der Waals surface area contributed by atoms with Gasteiger partial charge in [0.2, 0.25) is 0 Å². The van der Waals surface area contributed by atoms with Crippen molar-refractivity contribution in [3.05, 3.63) is 36.5 Å². The molecule has 2 heterocycles. The molecule has 1 aliphatic carbocycles. The Labute approximate surface area is 126 Å². The Hall–Kier alpha value is -1.84. The minimum atomic E-state index is 0.456. The Bertz CT molecular complexity index is 598. The highest BCUT2D eigenvalue weighted by atomic mass is 15.1. The predicted molar refractivity (Wildman–Crippen MR) is 85.8 cm³/mol. The van der Waals surface area contributed by atoms with Crippen molar-refractivity contribution in [1.82, 2.24) is 14.5 Å². The SMILES string of the molecule is Cc1nccn1-c1ccc(NC2CCCC(C)(C)C2)cn1. The summed E-state index contributed by atoms with van der Waals surface area (Å²) in [5.74, 6) is 1.87. The average molecular weight is 284 g/mol. The van der Waals surface area contributed by atoms with Gasteiger partial charge in [-0.2, -0.15) is 0 Å². The van der Waals surface area contributed by atoms with E-state index in [1.807, 2.05) is 30.0 Å². The lowest BCUT2D eigenvalue weighted by molar-refractivity contribution is 0.229. The number of anilines is 1. The van der Waals surface area contributed by atoms with E-state index in [2.05, 4.69) is 35.2 Å². The van der Waals surface area contributed by atoms with E-state index in [4.69, 9.17) is 0 Å². The third-order valence-corrected chi connectivity index (χ3v) is 4.40. The summed E-state index contributed by atoms with van der Waals surface area (Å²) >= 11 is 0. The standard InChI is InChI=1S/C17H24N4/c1-13-18-9-10-21(13)16-7-6-15(12-19-16)20-14-5-4-8-17(2,3)11-14/h6-7,9-10,12,14,20H,4-5,8,11H2,1-3H3. The molecule has 1 atom stereocenters. The zero-order valence-corrected chi connectivity index (χ0v) is 13.1. The van der Waals surface area contributed by atoms with Crippen LogP contribution < -0.4 is 5.32 Å². The number of hydrogen-bond acceptors (Lipinski definition) is 3. The molecular weight excluding hydrogens is 260 g/mol. The van der Waals surface area contributed by atoms with Crippen molar-refractivity contribution in [2.75, 3.05) is 5.32 Å². The van der Waals surface area contributed by atoms with Crippen LogP contribution in [0.3, 0.4) is 0 Å². The largest absolute Gasteiger partial charge is 0.381 e. The molecule has 0 spiro atoms. The van der Waals surface area contributed by atoms with Gasteiger partial charge in [0.1, 0.15) is 11.6 Å². The smallest absolute Gasteiger partial charge is 0.138 e. The third-order valence-electron chi connectivity index (χ3n) is 4.40. The number of hydrogen-bond donors (Lipinski definition) is 1. The number of imidazole rings is 1. The lowest BCUT2D eigenvalue weighted by Gasteiger charge is -2.36. The minimum absolute atomic E-state index is 0.456. The highest BCUT2D eigenvalue weighted by Gasteiger charge is 2.27. The number of nitrogens with zero attached hydrogens (tertiary/aromatic N) is 3. The van der Waals surface area contributed by atoms with Crippen molar-refractivity contribution >= 4 is 5.69 Å². The predicted octanol–water partition coefficient (Wildman–Crippen LogP) is 3.96. The van der Waals surface area contributed by atoms with Crippen LogP contribution in [0, 0.1) is 12.3 Å². The summed E-state index contributed by atoms with van der Waals surface area (Å²) < 4.78 is 1.99. The van der Waals surface area contributed by atoms with E-state index in [-0.39, 0.29) is 0 Å². The molecule has 1 aliphatic rings. The Morgan fingerprint density at radius 1 is 1.29 bits per heavy atom. The van der Waals surface area contributed by atoms with Gasteiger partial charge >= 0.3 is 0 Å². The molecule has 0 radical (unpaired) electrons. The maximum absolute atomic E-state index is 4.54. The Morgan fingerprint density at radius 2 is 2.14 bits per heavy atom. The molecule has 0 saturated heterocycles. The van der Waals surface area contributed by atoms with Gasteiger partial charge in [0.05, 0.1) is 11.9 Å². The quantitative estimate of drug-likeness (QED) is 0.927. The van der Waals surface area contributed by atoms with Gasteiger partial charge in [0.25, 0.3) is 0 Å². The molecule has 4 heteroatoms. The molecule has 21 heavy (non-hydrogen) atoms. The van der Waals surface area contributed by atoms with Crippen LogP contribution >= 0.6 is 0 Å². The highest BCUT2D eigenvalue weighted by molar-refractivity contribution is 5.44. The lowest BCUT2D eigenvalue weighted by Crippen LogP contribution is -2.31. The summed E-state index contributed by atoms with van der Waals surface area (Å²) in [6.07, 6.45) is 10.8. The zero-order chi connectivity index (χ0) is 14.9. The minimum Gasteiger partial charge on any atom is -0.381 e. The molecule has 0 aliphatic heterocycles. The normalized spacial score (nSPS) is 21.2. The van der Waals surface area contributed by atoms with E-state index in [1.54, 1.807) is 6.20 Å². The number of rotatable bonds is 3. The summed E-state index contributed by atoms with van der Waals surface area (Å²) in [4.78, 5) is 8.78. The van der Waals surface area contributed by atoms with Crippen LogP contribution in [0.25, 0.3) is 5.82 Å². The first-order valence-electron chi connectivity index (χ1n) is 7.76. The summed E-state index contributed by atoms with van der Waals surface area (Å²) in [6.45, 7) is 6.71. The monoisotopic (exact) mass is 284 g/mol. The number of aryl methyl sites for hydroxylation is 1. The molecule has 3 rings (SSSR count). The van der Waals surface area contributed by atoms with E-state index >= 15 is 0 Å². The molecule has 1 fully saturated rings. The van der Waals surface area contributed by atoms with Crippen molar-refractivity contribution in [2.24, 2.45) is 5.41 Å². The van der Waals surface area contributed by atoms with E-state index < -0.39 is 0 Å². The van der Waals surface area contributed by atoms with Crippen LogP contribution in [-0.2, 0) is 0 Å². The van der Waals surface area contributed by atoms with E-state index in [0.717, 1.165) is 17.3 Å². The number of aromatic nitrogens is 3. The van der Waals surface area contributed by atoms with Crippen LogP contribution in [0.1, 0.15) is 45.4 Å². The molecule has 4 nitrogen and oxygen atoms in total. The molecule has 0 aromatic carbocycles. The van der Waals surface area contributed by atoms with Gasteiger partial charge in [-0.1, -0.05) is 20.3 Å². The second-order valence-corrected chi connectivity index (χ2v) is 6.85. The van der Waals surface area contributed by atoms with Crippen LogP contribution in [0.2, 0.25) is 0 Å². The summed E-state index contributed by atoms with van der Waals surface area (Å²) in [5, 5.41) is 3.64. The molecule has 112 valence electrons. The molecule has 2 aromatic rings. The van der Waals surface area contributed by atoms with Gasteiger partial charge in [-0.25, -0.2) is 9.97 Å². The van der Waals surface area contributed by atoms with Gasteiger partial charge in [-0.05, 0) is 43.7 Å². The first-order chi connectivity index (χ1) is 10.0. The molecule has 2 aromatic heterocycles. The van der Waals surface area contributed by atoms with Crippen molar-refractivity contribution in [3.8, 4) is 5.82 Å². The molecule has 0 amide bonds. The van der Waals surface area contributed by atoms with Crippen molar-refractivity contribution in [1.29, 1.82) is 0 Å². The van der Waals surface area contributed by atoms with Gasteiger partial charge in [-0.15, -0.1) is 0 Å². The molecule has 1 N–H and O–H groups in total. The Balaban J connectivity index is 1.69. The Morgan fingerprint density at radius 3 is 2.76 bits per heavy atom. The lowest BCUT2D eigenvalue weighted by atomic mass is 9.75. The van der Waals surface area contributed by atoms with Crippen LogP contribution in [0.15, 0.2) is 30.7 Å². The molecule has 0 bridgehead atoms. The topological polar surface area (TPSA) is 42.7 Å². The fourth-order valence-corrected chi connectivity index (χ4v) is 3.29. The maximum atomic E-state index is 4.54. The second kappa shape index (κ2) is 5.51. The van der Waals surface area contributed by atoms with Crippen molar-refractivity contribution in [2.45, 2.75) is 52.5 Å². The number of nitrogens with one attached hydrogen (secondary N) is 1. The van der Waals surface area contributed by atoms with E-state index in [9.17, 15) is 0 Å². The van der Waals surface area contributed by atoms with Crippen LogP contribution in [-0.4, -0.2) is 20.6 Å². The summed E-state index contributed by atoms with van der Waals surface area (Å²) in [5.41, 5.74) is 1.57. The Kier molecular flexibility index (Phi) is 3.70. The maximum Gasteiger partial charge on any atom is 0.138 e. The van der Waals surface area contributed by atoms with E-state index in [0.29, 0.717) is 11.5 Å².